The maximum atomic E-state index is 13.1. The van der Waals surface area contributed by atoms with Crippen LogP contribution in [0.2, 0.25) is 0 Å². The smallest absolute Gasteiger partial charge is 0.282 e. The Kier molecular flexibility index (Phi) is 5.89. The van der Waals surface area contributed by atoms with Crippen molar-refractivity contribution in [2.45, 2.75) is 41.0 Å². The van der Waals surface area contributed by atoms with E-state index < -0.39 is 0 Å². The molecule has 0 aliphatic heterocycles. The van der Waals surface area contributed by atoms with Gasteiger partial charge in [-0.3, -0.25) is 4.79 Å². The fourth-order valence-corrected chi connectivity index (χ4v) is 5.37. The quantitative estimate of drug-likeness (QED) is 0.339. The Morgan fingerprint density at radius 3 is 2.69 bits per heavy atom. The Balaban J connectivity index is 1.84. The van der Waals surface area contributed by atoms with E-state index in [4.69, 9.17) is 0 Å². The molecule has 0 radical (unpaired) electrons. The summed E-state index contributed by atoms with van der Waals surface area (Å²) < 4.78 is 4.28. The van der Waals surface area contributed by atoms with E-state index in [1.165, 1.54) is 4.68 Å². The van der Waals surface area contributed by atoms with Gasteiger partial charge in [0.15, 0.2) is 0 Å². The molecule has 0 spiro atoms. The van der Waals surface area contributed by atoms with Crippen molar-refractivity contribution in [2.24, 2.45) is 5.10 Å². The van der Waals surface area contributed by atoms with Crippen LogP contribution in [0.1, 0.15) is 45.7 Å². The summed E-state index contributed by atoms with van der Waals surface area (Å²) in [5.41, 5.74) is 5.03. The lowest BCUT2D eigenvalue weighted by Gasteiger charge is -2.08. The van der Waals surface area contributed by atoms with Crippen molar-refractivity contribution in [3.63, 3.8) is 0 Å². The maximum absolute atomic E-state index is 13.1. The summed E-state index contributed by atoms with van der Waals surface area (Å²) in [6, 6.07) is 9.85. The number of hydrogen-bond donors (Lipinski definition) is 0. The highest BCUT2D eigenvalue weighted by Gasteiger charge is 2.18. The van der Waals surface area contributed by atoms with Gasteiger partial charge in [-0.25, -0.2) is 4.98 Å². The standard InChI is InChI=1S/C24H22BrN5OS/c1-6-22-28-21-8-7-18(25)10-19(21)23(31)30(22)27-12-17-9-13(2)29(15(17)4)24-20(11-26)14(3)16(5)32-24/h7-10,12H,6H2,1-5H3. The lowest BCUT2D eigenvalue weighted by Crippen LogP contribution is -2.22. The molecule has 4 aromatic rings. The Bertz CT molecular complexity index is 1500. The normalized spacial score (nSPS) is 11.5. The second-order valence-corrected chi connectivity index (χ2v) is 9.76. The van der Waals surface area contributed by atoms with E-state index in [2.05, 4.69) is 36.7 Å². The zero-order valence-corrected chi connectivity index (χ0v) is 20.9. The lowest BCUT2D eigenvalue weighted by atomic mass is 10.2. The molecule has 3 heterocycles. The molecule has 0 saturated heterocycles. The first-order valence-electron chi connectivity index (χ1n) is 10.2. The minimum atomic E-state index is -0.200. The highest BCUT2D eigenvalue weighted by atomic mass is 79.9. The largest absolute Gasteiger partial charge is 0.308 e. The summed E-state index contributed by atoms with van der Waals surface area (Å²) in [5, 5.41) is 15.6. The van der Waals surface area contributed by atoms with Crippen LogP contribution in [-0.2, 0) is 6.42 Å². The second kappa shape index (κ2) is 8.49. The van der Waals surface area contributed by atoms with Crippen LogP contribution in [0.15, 0.2) is 38.6 Å². The summed E-state index contributed by atoms with van der Waals surface area (Å²) in [6.45, 7) is 9.97. The Hall–Kier alpha value is -3.02. The van der Waals surface area contributed by atoms with E-state index in [1.807, 2.05) is 52.8 Å². The molecule has 0 fully saturated rings. The molecule has 32 heavy (non-hydrogen) atoms. The van der Waals surface area contributed by atoms with Gasteiger partial charge in [-0.15, -0.1) is 11.3 Å². The third-order valence-corrected chi connectivity index (χ3v) is 7.34. The van der Waals surface area contributed by atoms with Gasteiger partial charge in [-0.2, -0.15) is 15.0 Å². The van der Waals surface area contributed by atoms with Gasteiger partial charge in [-0.05, 0) is 57.5 Å². The topological polar surface area (TPSA) is 76.0 Å². The van der Waals surface area contributed by atoms with Crippen molar-refractivity contribution in [2.75, 3.05) is 0 Å². The van der Waals surface area contributed by atoms with Crippen LogP contribution in [-0.4, -0.2) is 20.4 Å². The van der Waals surface area contributed by atoms with Crippen LogP contribution in [0.3, 0.4) is 0 Å². The molecule has 0 saturated carbocycles. The highest BCUT2D eigenvalue weighted by Crippen LogP contribution is 2.33. The van der Waals surface area contributed by atoms with Gasteiger partial charge in [0.2, 0.25) is 0 Å². The van der Waals surface area contributed by atoms with Crippen LogP contribution in [0.25, 0.3) is 15.9 Å². The molecule has 8 heteroatoms. The molecule has 0 amide bonds. The predicted octanol–water partition coefficient (Wildman–Crippen LogP) is 5.56. The van der Waals surface area contributed by atoms with Crippen molar-refractivity contribution < 1.29 is 0 Å². The van der Waals surface area contributed by atoms with E-state index in [9.17, 15) is 10.1 Å². The van der Waals surface area contributed by atoms with E-state index >= 15 is 0 Å². The molecular weight excluding hydrogens is 486 g/mol. The summed E-state index contributed by atoms with van der Waals surface area (Å²) >= 11 is 5.04. The van der Waals surface area contributed by atoms with Gasteiger partial charge in [0, 0.05) is 32.7 Å². The van der Waals surface area contributed by atoms with Crippen molar-refractivity contribution in [1.82, 2.24) is 14.2 Å². The number of aromatic nitrogens is 3. The van der Waals surface area contributed by atoms with Crippen LogP contribution in [0, 0.1) is 39.0 Å². The van der Waals surface area contributed by atoms with E-state index in [0.717, 1.165) is 36.9 Å². The number of hydrogen-bond acceptors (Lipinski definition) is 5. The zero-order chi connectivity index (χ0) is 23.2. The number of nitriles is 1. The molecule has 1 aromatic carbocycles. The number of thiophene rings is 1. The minimum absolute atomic E-state index is 0.200. The molecular formula is C24H22BrN5OS. The maximum Gasteiger partial charge on any atom is 0.282 e. The van der Waals surface area contributed by atoms with Crippen molar-refractivity contribution in [3.8, 4) is 11.1 Å². The average Bonchev–Trinajstić information content (AvgIpc) is 3.21. The predicted molar refractivity (Wildman–Crippen MR) is 133 cm³/mol. The molecule has 0 aliphatic carbocycles. The molecule has 0 aliphatic rings. The Morgan fingerprint density at radius 1 is 1.25 bits per heavy atom. The van der Waals surface area contributed by atoms with Crippen molar-refractivity contribution >= 4 is 44.4 Å². The van der Waals surface area contributed by atoms with Gasteiger partial charge >= 0.3 is 0 Å². The fourth-order valence-electron chi connectivity index (χ4n) is 3.79. The van der Waals surface area contributed by atoms with E-state index in [-0.39, 0.29) is 5.56 Å². The average molecular weight is 508 g/mol. The minimum Gasteiger partial charge on any atom is -0.308 e. The Morgan fingerprint density at radius 2 is 2.00 bits per heavy atom. The van der Waals surface area contributed by atoms with Crippen LogP contribution in [0.4, 0.5) is 0 Å². The number of halogens is 1. The van der Waals surface area contributed by atoms with Gasteiger partial charge in [0.05, 0.1) is 22.7 Å². The van der Waals surface area contributed by atoms with Crippen molar-refractivity contribution in [3.05, 3.63) is 77.9 Å². The second-order valence-electron chi connectivity index (χ2n) is 7.64. The molecule has 0 N–H and O–H groups in total. The summed E-state index contributed by atoms with van der Waals surface area (Å²) in [4.78, 5) is 18.9. The molecule has 0 atom stereocenters. The first-order chi connectivity index (χ1) is 15.3. The monoisotopic (exact) mass is 507 g/mol. The van der Waals surface area contributed by atoms with E-state index in [1.54, 1.807) is 23.6 Å². The SMILES string of the molecule is CCc1nc2ccc(Br)cc2c(=O)n1N=Cc1cc(C)n(-c2sc(C)c(C)c2C#N)c1C. The van der Waals surface area contributed by atoms with E-state index in [0.29, 0.717) is 28.7 Å². The number of fused-ring (bicyclic) bond motifs is 1. The Labute approximate surface area is 198 Å². The molecule has 0 unspecified atom stereocenters. The first-order valence-corrected chi connectivity index (χ1v) is 11.8. The number of nitrogens with zero attached hydrogens (tertiary/aromatic N) is 5. The first kappa shape index (κ1) is 22.2. The van der Waals surface area contributed by atoms with Crippen molar-refractivity contribution in [1.29, 1.82) is 5.26 Å². The van der Waals surface area contributed by atoms with Crippen LogP contribution >= 0.6 is 27.3 Å². The highest BCUT2D eigenvalue weighted by molar-refractivity contribution is 9.10. The summed E-state index contributed by atoms with van der Waals surface area (Å²) in [5.74, 6) is 0.603. The molecule has 6 nitrogen and oxygen atoms in total. The molecule has 162 valence electrons. The third kappa shape index (κ3) is 3.61. The van der Waals surface area contributed by atoms with Crippen LogP contribution in [0.5, 0.6) is 0 Å². The van der Waals surface area contributed by atoms with Crippen LogP contribution < -0.4 is 5.56 Å². The van der Waals surface area contributed by atoms with Gasteiger partial charge in [-0.1, -0.05) is 22.9 Å². The lowest BCUT2D eigenvalue weighted by molar-refractivity contribution is 0.734. The van der Waals surface area contributed by atoms with Gasteiger partial charge < -0.3 is 4.57 Å². The molecule has 0 bridgehead atoms. The number of aryl methyl sites for hydroxylation is 3. The van der Waals surface area contributed by atoms with Gasteiger partial charge in [0.1, 0.15) is 16.9 Å². The number of rotatable bonds is 4. The summed E-state index contributed by atoms with van der Waals surface area (Å²) in [6.07, 6.45) is 2.28. The number of benzene rings is 1. The molecule has 4 rings (SSSR count). The third-order valence-electron chi connectivity index (χ3n) is 5.66. The molecule has 3 aromatic heterocycles. The van der Waals surface area contributed by atoms with Gasteiger partial charge in [0.25, 0.3) is 5.56 Å². The zero-order valence-electron chi connectivity index (χ0n) is 18.5. The fraction of sp³-hybridized carbons (Fsp3) is 0.250. The summed E-state index contributed by atoms with van der Waals surface area (Å²) in [7, 11) is 0.